The van der Waals surface area contributed by atoms with Crippen molar-refractivity contribution in [1.29, 1.82) is 0 Å². The van der Waals surface area contributed by atoms with E-state index in [-0.39, 0.29) is 5.91 Å². The van der Waals surface area contributed by atoms with Crippen LogP contribution in [0.3, 0.4) is 0 Å². The number of likely N-dealkylation sites (N-methyl/N-ethyl adjacent to an activating group) is 1. The Labute approximate surface area is 166 Å². The van der Waals surface area contributed by atoms with Gasteiger partial charge < -0.3 is 4.90 Å². The van der Waals surface area contributed by atoms with E-state index in [9.17, 15) is 4.79 Å². The van der Waals surface area contributed by atoms with Crippen LogP contribution < -0.4 is 0 Å². The summed E-state index contributed by atoms with van der Waals surface area (Å²) in [5.41, 5.74) is 7.83. The molecule has 2 aliphatic rings. The lowest BCUT2D eigenvalue weighted by molar-refractivity contribution is 0.0804. The molecule has 0 amide bonds. The van der Waals surface area contributed by atoms with Crippen molar-refractivity contribution in [3.05, 3.63) is 64.1 Å². The highest BCUT2D eigenvalue weighted by molar-refractivity contribution is 6.03. The molecule has 4 heteroatoms. The molecular formula is C24H27N3O. The summed E-state index contributed by atoms with van der Waals surface area (Å²) >= 11 is 0. The van der Waals surface area contributed by atoms with Crippen molar-refractivity contribution in [2.45, 2.75) is 52.0 Å². The molecule has 4 nitrogen and oxygen atoms in total. The van der Waals surface area contributed by atoms with Crippen LogP contribution in [0.4, 0.5) is 0 Å². The molecule has 4 heterocycles. The molecule has 0 N–H and O–H groups in total. The van der Waals surface area contributed by atoms with Crippen molar-refractivity contribution >= 4 is 16.8 Å². The van der Waals surface area contributed by atoms with E-state index in [0.29, 0.717) is 0 Å². The average Bonchev–Trinajstić information content (AvgIpc) is 2.92. The Kier molecular flexibility index (Phi) is 3.79. The Bertz CT molecular complexity index is 1130. The van der Waals surface area contributed by atoms with Crippen molar-refractivity contribution in [2.24, 2.45) is 0 Å². The molecule has 0 saturated heterocycles. The molecule has 144 valence electrons. The fourth-order valence-corrected chi connectivity index (χ4v) is 5.17. The Balaban J connectivity index is 1.80. The highest BCUT2D eigenvalue weighted by atomic mass is 16.2. The Hall–Kier alpha value is -2.46. The van der Waals surface area contributed by atoms with Gasteiger partial charge in [0.25, 0.3) is 0 Å². The number of hydrogen-bond donors (Lipinski definition) is 0. The predicted octanol–water partition coefficient (Wildman–Crippen LogP) is 4.19. The zero-order chi connectivity index (χ0) is 19.6. The fourth-order valence-electron chi connectivity index (χ4n) is 5.17. The van der Waals surface area contributed by atoms with Crippen LogP contribution in [0, 0.1) is 13.8 Å². The number of pyridine rings is 1. The summed E-state index contributed by atoms with van der Waals surface area (Å²) in [6.45, 7) is 8.20. The molecule has 0 spiro atoms. The molecule has 28 heavy (non-hydrogen) atoms. The smallest absolute Gasteiger partial charge is 0.241 e. The molecule has 2 aliphatic heterocycles. The summed E-state index contributed by atoms with van der Waals surface area (Å²) in [5, 5.41) is 1.28. The van der Waals surface area contributed by atoms with E-state index in [1.54, 1.807) is 0 Å². The van der Waals surface area contributed by atoms with Crippen molar-refractivity contribution in [3.8, 4) is 0 Å². The normalized spacial score (nSPS) is 22.4. The Morgan fingerprint density at radius 2 is 1.96 bits per heavy atom. The van der Waals surface area contributed by atoms with Crippen LogP contribution >= 0.6 is 0 Å². The monoisotopic (exact) mass is 373 g/mol. The van der Waals surface area contributed by atoms with Crippen LogP contribution in [-0.4, -0.2) is 34.0 Å². The van der Waals surface area contributed by atoms with Crippen molar-refractivity contribution in [2.75, 3.05) is 13.6 Å². The minimum absolute atomic E-state index is 0.219. The van der Waals surface area contributed by atoms with Gasteiger partial charge in [-0.15, -0.1) is 0 Å². The average molecular weight is 374 g/mol. The van der Waals surface area contributed by atoms with Gasteiger partial charge in [-0.1, -0.05) is 11.6 Å². The molecule has 1 unspecified atom stereocenters. The highest BCUT2D eigenvalue weighted by Gasteiger charge is 2.41. The second-order valence-corrected chi connectivity index (χ2v) is 8.89. The van der Waals surface area contributed by atoms with E-state index in [0.717, 1.165) is 49.1 Å². The van der Waals surface area contributed by atoms with Crippen molar-refractivity contribution in [3.63, 3.8) is 0 Å². The highest BCUT2D eigenvalue weighted by Crippen LogP contribution is 2.41. The molecule has 0 fully saturated rings. The second kappa shape index (κ2) is 6.02. The van der Waals surface area contributed by atoms with E-state index in [1.807, 2.05) is 19.2 Å². The summed E-state index contributed by atoms with van der Waals surface area (Å²) in [6, 6.07) is 8.66. The number of benzene rings is 1. The first-order chi connectivity index (χ1) is 13.4. The summed E-state index contributed by atoms with van der Waals surface area (Å²) in [7, 11) is 2.17. The van der Waals surface area contributed by atoms with Crippen LogP contribution in [-0.2, 0) is 24.8 Å². The van der Waals surface area contributed by atoms with Crippen LogP contribution in [0.1, 0.15) is 51.8 Å². The summed E-state index contributed by atoms with van der Waals surface area (Å²) < 4.78 is 2.09. The lowest BCUT2D eigenvalue weighted by atomic mass is 9.77. The standard InChI is InChI=1S/C24H27N3O/c1-15-11-17-5-8-24(3,18-6-9-25-16(2)13-18)23(28)27-21-7-10-26(4)14-20(21)19(12-15)22(17)27/h6,9,11-13H,5,7-8,10,14H2,1-4H3. The topological polar surface area (TPSA) is 38.1 Å². The van der Waals surface area contributed by atoms with Gasteiger partial charge in [-0.25, -0.2) is 0 Å². The second-order valence-electron chi connectivity index (χ2n) is 8.89. The van der Waals surface area contributed by atoms with Gasteiger partial charge in [-0.05, 0) is 75.5 Å². The molecular weight excluding hydrogens is 346 g/mol. The SMILES string of the molecule is Cc1cc2c3c(c1)c1c(n3C(=O)C(C)(c3ccnc(C)c3)CC2)CCN(C)C1. The molecule has 3 aromatic rings. The summed E-state index contributed by atoms with van der Waals surface area (Å²) in [5.74, 6) is 0.219. The molecule has 5 rings (SSSR count). The van der Waals surface area contributed by atoms with Gasteiger partial charge in [0, 0.05) is 42.5 Å². The number of carbonyl (C=O) groups is 1. The lowest BCUT2D eigenvalue weighted by Crippen LogP contribution is -2.38. The Morgan fingerprint density at radius 1 is 1.14 bits per heavy atom. The van der Waals surface area contributed by atoms with E-state index in [4.69, 9.17) is 0 Å². The molecule has 1 atom stereocenters. The zero-order valence-electron chi connectivity index (χ0n) is 17.2. The molecule has 0 aliphatic carbocycles. The van der Waals surface area contributed by atoms with Crippen LogP contribution in [0.2, 0.25) is 0 Å². The molecule has 0 saturated carbocycles. The van der Waals surface area contributed by atoms with Crippen molar-refractivity contribution in [1.82, 2.24) is 14.5 Å². The number of nitrogens with zero attached hydrogens (tertiary/aromatic N) is 3. The number of aromatic nitrogens is 2. The maximum Gasteiger partial charge on any atom is 0.241 e. The quantitative estimate of drug-likeness (QED) is 0.642. The minimum atomic E-state index is -0.538. The molecule has 0 bridgehead atoms. The number of hydrogen-bond acceptors (Lipinski definition) is 3. The zero-order valence-corrected chi connectivity index (χ0v) is 17.2. The van der Waals surface area contributed by atoms with Gasteiger partial charge in [-0.2, -0.15) is 0 Å². The third kappa shape index (κ3) is 2.40. The predicted molar refractivity (Wildman–Crippen MR) is 112 cm³/mol. The first kappa shape index (κ1) is 17.6. The maximum absolute atomic E-state index is 14.1. The van der Waals surface area contributed by atoms with Gasteiger partial charge in [0.2, 0.25) is 5.91 Å². The lowest BCUT2D eigenvalue weighted by Gasteiger charge is -2.30. The number of aryl methyl sites for hydroxylation is 3. The van der Waals surface area contributed by atoms with Gasteiger partial charge in [0.15, 0.2) is 0 Å². The fraction of sp³-hybridized carbons (Fsp3) is 0.417. The molecule has 1 aromatic carbocycles. The van der Waals surface area contributed by atoms with Crippen LogP contribution in [0.15, 0.2) is 30.5 Å². The number of rotatable bonds is 1. The summed E-state index contributed by atoms with van der Waals surface area (Å²) in [6.07, 6.45) is 4.50. The van der Waals surface area contributed by atoms with Gasteiger partial charge in [0.1, 0.15) is 0 Å². The van der Waals surface area contributed by atoms with E-state index in [2.05, 4.69) is 53.5 Å². The van der Waals surface area contributed by atoms with E-state index >= 15 is 0 Å². The van der Waals surface area contributed by atoms with E-state index in [1.165, 1.54) is 27.8 Å². The van der Waals surface area contributed by atoms with Crippen LogP contribution in [0.5, 0.6) is 0 Å². The van der Waals surface area contributed by atoms with Crippen LogP contribution in [0.25, 0.3) is 10.9 Å². The first-order valence-electron chi connectivity index (χ1n) is 10.2. The van der Waals surface area contributed by atoms with Gasteiger partial charge in [0.05, 0.1) is 10.9 Å². The summed E-state index contributed by atoms with van der Waals surface area (Å²) in [4.78, 5) is 20.8. The van der Waals surface area contributed by atoms with Gasteiger partial charge >= 0.3 is 0 Å². The first-order valence-corrected chi connectivity index (χ1v) is 10.2. The molecule has 0 radical (unpaired) electrons. The van der Waals surface area contributed by atoms with Gasteiger partial charge in [-0.3, -0.25) is 14.3 Å². The number of fused-ring (bicyclic) bond motifs is 3. The third-order valence-electron chi connectivity index (χ3n) is 6.76. The Morgan fingerprint density at radius 3 is 2.75 bits per heavy atom. The molecule has 2 aromatic heterocycles. The number of carbonyl (C=O) groups excluding carboxylic acids is 1. The maximum atomic E-state index is 14.1. The van der Waals surface area contributed by atoms with E-state index < -0.39 is 5.41 Å². The largest absolute Gasteiger partial charge is 0.302 e. The van der Waals surface area contributed by atoms with Crippen molar-refractivity contribution < 1.29 is 4.79 Å². The minimum Gasteiger partial charge on any atom is -0.302 e. The third-order valence-corrected chi connectivity index (χ3v) is 6.76.